The molecule has 0 fully saturated rings. The average Bonchev–Trinajstić information content (AvgIpc) is 2.52. The van der Waals surface area contributed by atoms with E-state index >= 15 is 0 Å². The van der Waals surface area contributed by atoms with E-state index in [2.05, 4.69) is 18.0 Å². The van der Waals surface area contributed by atoms with Crippen LogP contribution in [0.4, 0.5) is 5.69 Å². The van der Waals surface area contributed by atoms with Crippen molar-refractivity contribution in [3.05, 3.63) is 29.8 Å². The molecule has 1 aromatic rings. The summed E-state index contributed by atoms with van der Waals surface area (Å²) in [7, 11) is 0. The molecule has 1 aliphatic rings. The van der Waals surface area contributed by atoms with Crippen molar-refractivity contribution in [1.82, 2.24) is 0 Å². The first-order valence-electron chi connectivity index (χ1n) is 5.19. The molecule has 0 spiro atoms. The summed E-state index contributed by atoms with van der Waals surface area (Å²) in [5.74, 6) is 0.325. The molecule has 5 nitrogen and oxygen atoms in total. The summed E-state index contributed by atoms with van der Waals surface area (Å²) in [6.07, 6.45) is 0.955. The predicted octanol–water partition coefficient (Wildman–Crippen LogP) is -0.137. The molecular formula is C11H16N5+. The van der Waals surface area contributed by atoms with E-state index in [-0.39, 0.29) is 12.0 Å². The molecule has 6 N–H and O–H groups in total. The number of rotatable bonds is 0. The number of para-hydroxylation sites is 1. The van der Waals surface area contributed by atoms with Crippen LogP contribution in [0.15, 0.2) is 29.3 Å². The van der Waals surface area contributed by atoms with Crippen LogP contribution in [0.3, 0.4) is 0 Å². The Hall–Kier alpha value is -2.04. The predicted molar refractivity (Wildman–Crippen MR) is 64.5 cm³/mol. The highest BCUT2D eigenvalue weighted by molar-refractivity contribution is 5.90. The van der Waals surface area contributed by atoms with Crippen molar-refractivity contribution in [2.75, 3.05) is 0 Å². The van der Waals surface area contributed by atoms with Gasteiger partial charge >= 0.3 is 5.96 Å². The van der Waals surface area contributed by atoms with Crippen molar-refractivity contribution in [3.63, 3.8) is 0 Å². The highest BCUT2D eigenvalue weighted by Gasteiger charge is 2.28. The Morgan fingerprint density at radius 3 is 2.69 bits per heavy atom. The third-order valence-corrected chi connectivity index (χ3v) is 2.70. The van der Waals surface area contributed by atoms with Gasteiger partial charge in [-0.15, -0.1) is 0 Å². The quantitative estimate of drug-likeness (QED) is 0.321. The van der Waals surface area contributed by atoms with Gasteiger partial charge in [0.1, 0.15) is 5.69 Å². The van der Waals surface area contributed by atoms with E-state index in [1.54, 1.807) is 0 Å². The van der Waals surface area contributed by atoms with Gasteiger partial charge in [0.2, 0.25) is 0 Å². The fourth-order valence-corrected chi connectivity index (χ4v) is 2.10. The van der Waals surface area contributed by atoms with Gasteiger partial charge in [0, 0.05) is 6.42 Å². The molecule has 0 saturated heterocycles. The van der Waals surface area contributed by atoms with Crippen molar-refractivity contribution in [1.29, 1.82) is 0 Å². The lowest BCUT2D eigenvalue weighted by molar-refractivity contribution is -0.470. The first-order valence-corrected chi connectivity index (χ1v) is 5.19. The van der Waals surface area contributed by atoms with Gasteiger partial charge in [-0.2, -0.15) is 0 Å². The van der Waals surface area contributed by atoms with Gasteiger partial charge in [-0.05, 0) is 23.5 Å². The van der Waals surface area contributed by atoms with E-state index < -0.39 is 0 Å². The lowest BCUT2D eigenvalue weighted by atomic mass is 10.1. The van der Waals surface area contributed by atoms with Gasteiger partial charge < -0.3 is 11.5 Å². The van der Waals surface area contributed by atoms with Crippen LogP contribution < -0.4 is 17.2 Å². The van der Waals surface area contributed by atoms with E-state index in [4.69, 9.17) is 17.2 Å². The highest BCUT2D eigenvalue weighted by atomic mass is 15.2. The topological polar surface area (TPSA) is 93.4 Å². The molecule has 0 aliphatic carbocycles. The van der Waals surface area contributed by atoms with Crippen LogP contribution in [0.25, 0.3) is 0 Å². The minimum absolute atomic E-state index is 0.0194. The lowest BCUT2D eigenvalue weighted by Crippen LogP contribution is -2.32. The van der Waals surface area contributed by atoms with Crippen LogP contribution >= 0.6 is 0 Å². The summed E-state index contributed by atoms with van der Waals surface area (Å²) in [5, 5.41) is 0. The number of nitrogens with two attached hydrogens (primary N) is 3. The summed E-state index contributed by atoms with van der Waals surface area (Å²) < 4.78 is 1.95. The summed E-state index contributed by atoms with van der Waals surface area (Å²) in [6, 6.07) is 8.39. The van der Waals surface area contributed by atoms with Gasteiger partial charge in [-0.25, -0.2) is 4.58 Å². The molecule has 84 valence electrons. The van der Waals surface area contributed by atoms with Crippen LogP contribution in [0.2, 0.25) is 0 Å². The Bertz CT molecular complexity index is 471. The number of hydrogen-bond donors (Lipinski definition) is 3. The Labute approximate surface area is 94.3 Å². The Balaban J connectivity index is 2.54. The fraction of sp³-hybridized carbons (Fsp3) is 0.273. The molecule has 1 aliphatic heterocycles. The van der Waals surface area contributed by atoms with Crippen molar-refractivity contribution < 1.29 is 4.58 Å². The Kier molecular flexibility index (Phi) is 2.52. The molecule has 1 atom stereocenters. The minimum atomic E-state index is -0.0194. The SMILES string of the molecule is C[C@@H]1Cc2ccccc2[N+]1=C(N)N=C(N)N. The van der Waals surface area contributed by atoms with E-state index in [0.717, 1.165) is 12.1 Å². The summed E-state index contributed by atoms with van der Waals surface area (Å²) in [6.45, 7) is 2.09. The molecule has 1 heterocycles. The van der Waals surface area contributed by atoms with E-state index in [1.807, 2.05) is 22.8 Å². The summed E-state index contributed by atoms with van der Waals surface area (Å²) in [5.41, 5.74) is 18.9. The highest BCUT2D eigenvalue weighted by Crippen LogP contribution is 2.29. The zero-order valence-electron chi connectivity index (χ0n) is 9.22. The minimum Gasteiger partial charge on any atom is -0.356 e. The normalized spacial score (nSPS) is 21.4. The number of guanidine groups is 2. The van der Waals surface area contributed by atoms with Gasteiger partial charge in [-0.1, -0.05) is 18.2 Å². The zero-order chi connectivity index (χ0) is 11.7. The van der Waals surface area contributed by atoms with E-state index in [9.17, 15) is 0 Å². The maximum absolute atomic E-state index is 5.88. The van der Waals surface area contributed by atoms with Gasteiger partial charge in [-0.3, -0.25) is 5.73 Å². The number of aliphatic imine (C=N–C) groups is 1. The number of benzene rings is 1. The standard InChI is InChI=1S/C11H15N5/c1-7-6-8-4-2-3-5-9(8)16(7)11(14)15-10(12)13/h2-5,7H,6H2,1H3,(H5,12,13,14,15)/p+1/t7-/m1/s1. The van der Waals surface area contributed by atoms with Crippen molar-refractivity contribution in [2.24, 2.45) is 22.2 Å². The smallest absolute Gasteiger partial charge is 0.356 e. The molecule has 16 heavy (non-hydrogen) atoms. The van der Waals surface area contributed by atoms with Crippen LogP contribution in [0.1, 0.15) is 12.5 Å². The largest absolute Gasteiger partial charge is 0.393 e. The number of fused-ring (bicyclic) bond motifs is 1. The number of hydrogen-bond acceptors (Lipinski definition) is 0. The number of nitrogens with zero attached hydrogens (tertiary/aromatic N) is 2. The van der Waals surface area contributed by atoms with Gasteiger partial charge in [0.25, 0.3) is 5.96 Å². The first-order chi connectivity index (χ1) is 7.59. The molecule has 5 heteroatoms. The molecule has 0 bridgehead atoms. The second kappa shape index (κ2) is 3.84. The van der Waals surface area contributed by atoms with Crippen LogP contribution in [0, 0.1) is 0 Å². The molecule has 0 aromatic heterocycles. The summed E-state index contributed by atoms with van der Waals surface area (Å²) in [4.78, 5) is 3.90. The molecule has 2 rings (SSSR count). The third kappa shape index (κ3) is 1.71. The van der Waals surface area contributed by atoms with E-state index in [0.29, 0.717) is 5.96 Å². The van der Waals surface area contributed by atoms with Gasteiger partial charge in [0.05, 0.1) is 6.04 Å². The van der Waals surface area contributed by atoms with Crippen LogP contribution in [-0.2, 0) is 6.42 Å². The second-order valence-corrected chi connectivity index (χ2v) is 3.95. The molecule has 0 saturated carbocycles. The van der Waals surface area contributed by atoms with E-state index in [1.165, 1.54) is 5.56 Å². The zero-order valence-corrected chi connectivity index (χ0v) is 9.22. The molecule has 0 radical (unpaired) electrons. The summed E-state index contributed by atoms with van der Waals surface area (Å²) >= 11 is 0. The van der Waals surface area contributed by atoms with Crippen molar-refractivity contribution in [2.45, 2.75) is 19.4 Å². The van der Waals surface area contributed by atoms with Gasteiger partial charge in [0.15, 0.2) is 0 Å². The van der Waals surface area contributed by atoms with Crippen molar-refractivity contribution >= 4 is 17.6 Å². The second-order valence-electron chi connectivity index (χ2n) is 3.95. The molecule has 1 aromatic carbocycles. The van der Waals surface area contributed by atoms with Crippen LogP contribution in [0.5, 0.6) is 0 Å². The molecular weight excluding hydrogens is 202 g/mol. The first kappa shape index (κ1) is 10.5. The van der Waals surface area contributed by atoms with Crippen LogP contribution in [-0.4, -0.2) is 22.5 Å². The fourth-order valence-electron chi connectivity index (χ4n) is 2.10. The Morgan fingerprint density at radius 1 is 1.31 bits per heavy atom. The van der Waals surface area contributed by atoms with Crippen molar-refractivity contribution in [3.8, 4) is 0 Å². The third-order valence-electron chi connectivity index (χ3n) is 2.70. The molecule has 0 amide bonds. The maximum Gasteiger partial charge on any atom is 0.393 e. The maximum atomic E-state index is 5.88. The Morgan fingerprint density at radius 2 is 2.00 bits per heavy atom. The average molecular weight is 218 g/mol. The molecule has 0 unspecified atom stereocenters. The lowest BCUT2D eigenvalue weighted by Gasteiger charge is -2.06. The monoisotopic (exact) mass is 218 g/mol.